The summed E-state index contributed by atoms with van der Waals surface area (Å²) in [7, 11) is 0. The Morgan fingerprint density at radius 2 is 2.17 bits per heavy atom. The molecule has 0 amide bonds. The van der Waals surface area contributed by atoms with E-state index in [0.29, 0.717) is 23.7 Å². The summed E-state index contributed by atoms with van der Waals surface area (Å²) >= 11 is 0. The lowest BCUT2D eigenvalue weighted by Crippen LogP contribution is -2.02. The third-order valence-electron chi connectivity index (χ3n) is 2.02. The standard InChI is InChI=1S/C13H15FO4/c1-2-17-12-9-10(4-6-13(15)16)3-5-11(12)18-8-7-14/h3-6,9H,2,7-8H2,1H3,(H,15,16)/b6-4+. The number of carbonyl (C=O) groups is 1. The third-order valence-corrected chi connectivity index (χ3v) is 2.02. The summed E-state index contributed by atoms with van der Waals surface area (Å²) in [6, 6.07) is 4.95. The highest BCUT2D eigenvalue weighted by molar-refractivity contribution is 5.85. The van der Waals surface area contributed by atoms with E-state index in [-0.39, 0.29) is 6.61 Å². The lowest BCUT2D eigenvalue weighted by Gasteiger charge is -2.11. The number of benzene rings is 1. The van der Waals surface area contributed by atoms with Crippen molar-refractivity contribution >= 4 is 12.0 Å². The number of halogens is 1. The monoisotopic (exact) mass is 254 g/mol. The fourth-order valence-electron chi connectivity index (χ4n) is 1.33. The Kier molecular flexibility index (Phi) is 5.70. The van der Waals surface area contributed by atoms with Crippen LogP contribution >= 0.6 is 0 Å². The molecule has 18 heavy (non-hydrogen) atoms. The molecule has 4 nitrogen and oxygen atoms in total. The van der Waals surface area contributed by atoms with Gasteiger partial charge in [-0.15, -0.1) is 0 Å². The molecule has 1 aromatic carbocycles. The fraction of sp³-hybridized carbons (Fsp3) is 0.308. The average Bonchev–Trinajstić information content (AvgIpc) is 2.35. The van der Waals surface area contributed by atoms with Crippen LogP contribution in [-0.4, -0.2) is 31.0 Å². The molecule has 0 aliphatic carbocycles. The van der Waals surface area contributed by atoms with Gasteiger partial charge in [0.1, 0.15) is 13.3 Å². The molecule has 0 saturated heterocycles. The molecule has 1 N–H and O–H groups in total. The Hall–Kier alpha value is -2.04. The second kappa shape index (κ2) is 7.32. The molecule has 5 heteroatoms. The van der Waals surface area contributed by atoms with Gasteiger partial charge in [-0.25, -0.2) is 9.18 Å². The van der Waals surface area contributed by atoms with Crippen LogP contribution in [-0.2, 0) is 4.79 Å². The summed E-state index contributed by atoms with van der Waals surface area (Å²) in [4.78, 5) is 10.4. The van der Waals surface area contributed by atoms with Gasteiger partial charge >= 0.3 is 5.97 Å². The van der Waals surface area contributed by atoms with E-state index in [9.17, 15) is 9.18 Å². The van der Waals surface area contributed by atoms with Gasteiger partial charge < -0.3 is 14.6 Å². The minimum Gasteiger partial charge on any atom is -0.490 e. The van der Waals surface area contributed by atoms with Gasteiger partial charge in [-0.3, -0.25) is 0 Å². The molecule has 0 atom stereocenters. The first-order valence-corrected chi connectivity index (χ1v) is 5.54. The summed E-state index contributed by atoms with van der Waals surface area (Å²) in [5, 5.41) is 8.53. The number of hydrogen-bond donors (Lipinski definition) is 1. The van der Waals surface area contributed by atoms with Crippen molar-refractivity contribution in [2.24, 2.45) is 0 Å². The van der Waals surface area contributed by atoms with Crippen molar-refractivity contribution in [2.75, 3.05) is 19.9 Å². The smallest absolute Gasteiger partial charge is 0.328 e. The summed E-state index contributed by atoms with van der Waals surface area (Å²) in [6.45, 7) is 1.65. The van der Waals surface area contributed by atoms with E-state index < -0.39 is 12.6 Å². The van der Waals surface area contributed by atoms with Gasteiger partial charge in [0.15, 0.2) is 11.5 Å². The highest BCUT2D eigenvalue weighted by Crippen LogP contribution is 2.29. The van der Waals surface area contributed by atoms with Crippen LogP contribution in [0.2, 0.25) is 0 Å². The molecule has 0 radical (unpaired) electrons. The van der Waals surface area contributed by atoms with Crippen LogP contribution in [0.15, 0.2) is 24.3 Å². The van der Waals surface area contributed by atoms with E-state index >= 15 is 0 Å². The minimum absolute atomic E-state index is 0.0373. The van der Waals surface area contributed by atoms with Crippen LogP contribution in [0.25, 0.3) is 6.08 Å². The zero-order valence-corrected chi connectivity index (χ0v) is 10.1. The number of hydrogen-bond acceptors (Lipinski definition) is 3. The molecule has 0 unspecified atom stereocenters. The normalized spacial score (nSPS) is 10.6. The molecule has 0 saturated carbocycles. The topological polar surface area (TPSA) is 55.8 Å². The van der Waals surface area contributed by atoms with Gasteiger partial charge in [0.2, 0.25) is 0 Å². The molecule has 1 aromatic rings. The Bertz CT molecular complexity index is 429. The number of alkyl halides is 1. The van der Waals surface area contributed by atoms with Crippen molar-refractivity contribution in [3.05, 3.63) is 29.8 Å². The van der Waals surface area contributed by atoms with E-state index in [0.717, 1.165) is 6.08 Å². The van der Waals surface area contributed by atoms with Gasteiger partial charge in [-0.05, 0) is 30.7 Å². The number of carboxylic acids is 1. The van der Waals surface area contributed by atoms with Crippen LogP contribution in [0.1, 0.15) is 12.5 Å². The number of aliphatic carboxylic acids is 1. The Balaban J connectivity index is 2.91. The van der Waals surface area contributed by atoms with Gasteiger partial charge in [0, 0.05) is 6.08 Å². The minimum atomic E-state index is -1.02. The Morgan fingerprint density at radius 3 is 2.78 bits per heavy atom. The van der Waals surface area contributed by atoms with Gasteiger partial charge in [-0.1, -0.05) is 6.07 Å². The van der Waals surface area contributed by atoms with Crippen molar-refractivity contribution in [3.8, 4) is 11.5 Å². The van der Waals surface area contributed by atoms with Crippen molar-refractivity contribution in [1.82, 2.24) is 0 Å². The lowest BCUT2D eigenvalue weighted by molar-refractivity contribution is -0.131. The summed E-state index contributed by atoms with van der Waals surface area (Å²) in [6.07, 6.45) is 2.48. The van der Waals surface area contributed by atoms with Crippen LogP contribution < -0.4 is 9.47 Å². The molecule has 0 spiro atoms. The number of ether oxygens (including phenoxy) is 2. The second-order valence-electron chi connectivity index (χ2n) is 3.35. The van der Waals surface area contributed by atoms with E-state index in [1.807, 2.05) is 6.92 Å². The highest BCUT2D eigenvalue weighted by atomic mass is 19.1. The van der Waals surface area contributed by atoms with E-state index in [1.54, 1.807) is 18.2 Å². The molecule has 0 aliphatic rings. The maximum absolute atomic E-state index is 12.0. The quantitative estimate of drug-likeness (QED) is 0.760. The maximum Gasteiger partial charge on any atom is 0.328 e. The van der Waals surface area contributed by atoms with Gasteiger partial charge in [0.05, 0.1) is 6.61 Å². The van der Waals surface area contributed by atoms with Crippen LogP contribution in [0.3, 0.4) is 0 Å². The predicted molar refractivity (Wildman–Crippen MR) is 65.8 cm³/mol. The zero-order valence-electron chi connectivity index (χ0n) is 10.1. The average molecular weight is 254 g/mol. The Morgan fingerprint density at radius 1 is 1.39 bits per heavy atom. The maximum atomic E-state index is 12.0. The third kappa shape index (κ3) is 4.45. The van der Waals surface area contributed by atoms with E-state index in [2.05, 4.69) is 0 Å². The molecule has 98 valence electrons. The highest BCUT2D eigenvalue weighted by Gasteiger charge is 2.05. The van der Waals surface area contributed by atoms with E-state index in [1.165, 1.54) is 6.08 Å². The molecule has 0 aliphatic heterocycles. The predicted octanol–water partition coefficient (Wildman–Crippen LogP) is 2.53. The first-order valence-electron chi connectivity index (χ1n) is 5.54. The van der Waals surface area contributed by atoms with Crippen molar-refractivity contribution in [3.63, 3.8) is 0 Å². The molecule has 1 rings (SSSR count). The van der Waals surface area contributed by atoms with Gasteiger partial charge in [-0.2, -0.15) is 0 Å². The molecule has 0 bridgehead atoms. The van der Waals surface area contributed by atoms with Crippen molar-refractivity contribution in [2.45, 2.75) is 6.92 Å². The van der Waals surface area contributed by atoms with Crippen LogP contribution in [0.5, 0.6) is 11.5 Å². The first-order chi connectivity index (χ1) is 8.67. The summed E-state index contributed by atoms with van der Waals surface area (Å²) < 4.78 is 22.6. The van der Waals surface area contributed by atoms with Crippen molar-refractivity contribution in [1.29, 1.82) is 0 Å². The van der Waals surface area contributed by atoms with Gasteiger partial charge in [0.25, 0.3) is 0 Å². The zero-order chi connectivity index (χ0) is 13.4. The fourth-order valence-corrected chi connectivity index (χ4v) is 1.33. The Labute approximate surface area is 105 Å². The molecule has 0 fully saturated rings. The first kappa shape index (κ1) is 14.0. The molecule has 0 heterocycles. The second-order valence-corrected chi connectivity index (χ2v) is 3.35. The summed E-state index contributed by atoms with van der Waals surface area (Å²) in [5.74, 6) is -0.105. The van der Waals surface area contributed by atoms with Crippen LogP contribution in [0, 0.1) is 0 Å². The van der Waals surface area contributed by atoms with Crippen molar-refractivity contribution < 1.29 is 23.8 Å². The molecular weight excluding hydrogens is 239 g/mol. The van der Waals surface area contributed by atoms with Crippen LogP contribution in [0.4, 0.5) is 4.39 Å². The molecule has 0 aromatic heterocycles. The lowest BCUT2D eigenvalue weighted by atomic mass is 10.2. The SMILES string of the molecule is CCOc1cc(/C=C/C(=O)O)ccc1OCCF. The number of carboxylic acid groups (broad SMARTS) is 1. The molecular formula is C13H15FO4. The number of rotatable bonds is 7. The van der Waals surface area contributed by atoms with E-state index in [4.69, 9.17) is 14.6 Å². The summed E-state index contributed by atoms with van der Waals surface area (Å²) in [5.41, 5.74) is 0.674. The largest absolute Gasteiger partial charge is 0.490 e.